The normalized spacial score (nSPS) is 20.9. The third kappa shape index (κ3) is 3.52. The van der Waals surface area contributed by atoms with Crippen molar-refractivity contribution in [3.63, 3.8) is 0 Å². The van der Waals surface area contributed by atoms with E-state index >= 15 is 0 Å². The van der Waals surface area contributed by atoms with Crippen LogP contribution in [0.3, 0.4) is 0 Å². The van der Waals surface area contributed by atoms with Gasteiger partial charge in [-0.3, -0.25) is 4.98 Å². The van der Waals surface area contributed by atoms with Gasteiger partial charge in [0.1, 0.15) is 6.04 Å². The van der Waals surface area contributed by atoms with Crippen LogP contribution in [0.4, 0.5) is 0 Å². The molecule has 1 fully saturated rings. The molecule has 0 N–H and O–H groups in total. The van der Waals surface area contributed by atoms with Gasteiger partial charge in [0, 0.05) is 24.9 Å². The summed E-state index contributed by atoms with van der Waals surface area (Å²) < 4.78 is 25.9. The summed E-state index contributed by atoms with van der Waals surface area (Å²) in [6, 6.07) is 7.05. The Labute approximate surface area is 113 Å². The van der Waals surface area contributed by atoms with Gasteiger partial charge in [0.15, 0.2) is 0 Å². The lowest BCUT2D eigenvalue weighted by Gasteiger charge is -2.30. The first kappa shape index (κ1) is 14.0. The van der Waals surface area contributed by atoms with E-state index in [0.717, 1.165) is 18.5 Å². The van der Waals surface area contributed by atoms with Crippen LogP contribution in [0.15, 0.2) is 24.4 Å². The largest absolute Gasteiger partial charge is 0.261 e. The second-order valence-corrected chi connectivity index (χ2v) is 6.68. The van der Waals surface area contributed by atoms with Crippen molar-refractivity contribution < 1.29 is 8.42 Å². The smallest absolute Gasteiger partial charge is 0.215 e. The molecule has 5 nitrogen and oxygen atoms in total. The van der Waals surface area contributed by atoms with E-state index in [9.17, 15) is 8.42 Å². The van der Waals surface area contributed by atoms with Crippen LogP contribution in [0, 0.1) is 11.3 Å². The minimum atomic E-state index is -3.37. The molecule has 0 radical (unpaired) electrons. The van der Waals surface area contributed by atoms with E-state index in [0.29, 0.717) is 19.4 Å². The Morgan fingerprint density at radius 3 is 2.95 bits per heavy atom. The van der Waals surface area contributed by atoms with Gasteiger partial charge in [-0.2, -0.15) is 9.57 Å². The molecule has 1 aromatic rings. The van der Waals surface area contributed by atoms with Crippen LogP contribution in [-0.2, 0) is 16.4 Å². The molecule has 102 valence electrons. The molecule has 0 aliphatic carbocycles. The van der Waals surface area contributed by atoms with Crippen molar-refractivity contribution in [2.75, 3.05) is 12.3 Å². The Bertz CT molecular complexity index is 551. The molecule has 1 aliphatic heterocycles. The maximum Gasteiger partial charge on any atom is 0.215 e. The average molecular weight is 279 g/mol. The van der Waals surface area contributed by atoms with Gasteiger partial charge in [0.25, 0.3) is 0 Å². The average Bonchev–Trinajstić information content (AvgIpc) is 2.46. The molecule has 19 heavy (non-hydrogen) atoms. The molecule has 1 unspecified atom stereocenters. The van der Waals surface area contributed by atoms with Gasteiger partial charge in [0.2, 0.25) is 10.0 Å². The molecule has 2 rings (SSSR count). The highest BCUT2D eigenvalue weighted by Gasteiger charge is 2.31. The third-order valence-electron chi connectivity index (χ3n) is 3.30. The molecule has 1 aliphatic rings. The van der Waals surface area contributed by atoms with Crippen LogP contribution in [0.1, 0.15) is 25.0 Å². The fraction of sp³-hybridized carbons (Fsp3) is 0.538. The van der Waals surface area contributed by atoms with Crippen molar-refractivity contribution in [1.82, 2.24) is 9.29 Å². The highest BCUT2D eigenvalue weighted by atomic mass is 32.2. The second-order valence-electron chi connectivity index (χ2n) is 4.64. The molecular formula is C13H17N3O2S. The molecule has 1 saturated heterocycles. The van der Waals surface area contributed by atoms with Crippen LogP contribution in [0.2, 0.25) is 0 Å². The molecule has 1 aromatic heterocycles. The second kappa shape index (κ2) is 6.13. The van der Waals surface area contributed by atoms with E-state index in [1.807, 2.05) is 12.1 Å². The Hall–Kier alpha value is -1.45. The first-order valence-electron chi connectivity index (χ1n) is 6.42. The summed E-state index contributed by atoms with van der Waals surface area (Å²) in [6.45, 7) is 0.461. The molecule has 1 atom stereocenters. The molecule has 0 saturated carbocycles. The lowest BCUT2D eigenvalue weighted by atomic mass is 10.1. The Balaban J connectivity index is 2.03. The summed E-state index contributed by atoms with van der Waals surface area (Å²) in [7, 11) is -3.37. The molecule has 6 heteroatoms. The number of pyridine rings is 1. The van der Waals surface area contributed by atoms with Crippen LogP contribution < -0.4 is 0 Å². The predicted octanol–water partition coefficient (Wildman–Crippen LogP) is 1.33. The fourth-order valence-electron chi connectivity index (χ4n) is 2.26. The minimum absolute atomic E-state index is 0.0161. The number of rotatable bonds is 4. The van der Waals surface area contributed by atoms with Gasteiger partial charge < -0.3 is 0 Å². The van der Waals surface area contributed by atoms with Gasteiger partial charge in [-0.1, -0.05) is 6.07 Å². The minimum Gasteiger partial charge on any atom is -0.261 e. The zero-order valence-corrected chi connectivity index (χ0v) is 11.5. The SMILES string of the molecule is N#CC1CCCCN1S(=O)(=O)CCc1ccccn1. The van der Waals surface area contributed by atoms with Crippen molar-refractivity contribution in [2.24, 2.45) is 0 Å². The zero-order chi connectivity index (χ0) is 13.7. The maximum absolute atomic E-state index is 12.3. The number of nitrogens with zero attached hydrogens (tertiary/aromatic N) is 3. The van der Waals surface area contributed by atoms with E-state index < -0.39 is 16.1 Å². The molecule has 0 aromatic carbocycles. The van der Waals surface area contributed by atoms with Gasteiger partial charge >= 0.3 is 0 Å². The third-order valence-corrected chi connectivity index (χ3v) is 5.17. The summed E-state index contributed by atoms with van der Waals surface area (Å²) >= 11 is 0. The predicted molar refractivity (Wildman–Crippen MR) is 71.7 cm³/mol. The number of aromatic nitrogens is 1. The van der Waals surface area contributed by atoms with Crippen LogP contribution in [0.25, 0.3) is 0 Å². The molecule has 0 bridgehead atoms. The Kier molecular flexibility index (Phi) is 4.51. The highest BCUT2D eigenvalue weighted by molar-refractivity contribution is 7.89. The fourth-order valence-corrected chi connectivity index (χ4v) is 3.91. The quantitative estimate of drug-likeness (QED) is 0.833. The van der Waals surface area contributed by atoms with E-state index in [1.165, 1.54) is 4.31 Å². The van der Waals surface area contributed by atoms with Crippen molar-refractivity contribution in [3.05, 3.63) is 30.1 Å². The summed E-state index contributed by atoms with van der Waals surface area (Å²) in [5.41, 5.74) is 0.761. The number of hydrogen-bond acceptors (Lipinski definition) is 4. The topological polar surface area (TPSA) is 74.1 Å². The van der Waals surface area contributed by atoms with Crippen LogP contribution in [-0.4, -0.2) is 36.0 Å². The zero-order valence-electron chi connectivity index (χ0n) is 10.7. The number of sulfonamides is 1. The maximum atomic E-state index is 12.3. The van der Waals surface area contributed by atoms with Gasteiger partial charge in [-0.25, -0.2) is 8.42 Å². The van der Waals surface area contributed by atoms with Crippen LogP contribution >= 0.6 is 0 Å². The van der Waals surface area contributed by atoms with Crippen molar-refractivity contribution in [1.29, 1.82) is 5.26 Å². The van der Waals surface area contributed by atoms with Crippen LogP contribution in [0.5, 0.6) is 0 Å². The molecule has 2 heterocycles. The van der Waals surface area contributed by atoms with E-state index in [2.05, 4.69) is 11.1 Å². The lowest BCUT2D eigenvalue weighted by Crippen LogP contribution is -2.44. The monoisotopic (exact) mass is 279 g/mol. The van der Waals surface area contributed by atoms with Crippen molar-refractivity contribution in [2.45, 2.75) is 31.7 Å². The summed E-state index contributed by atoms with van der Waals surface area (Å²) in [6.07, 6.45) is 4.43. The molecular weight excluding hydrogens is 262 g/mol. The lowest BCUT2D eigenvalue weighted by molar-refractivity contribution is 0.297. The number of nitriles is 1. The summed E-state index contributed by atoms with van der Waals surface area (Å²) in [5.74, 6) is 0.0161. The standard InChI is InChI=1S/C13H17N3O2S/c14-11-13-6-2-4-9-16(13)19(17,18)10-7-12-5-1-3-8-15-12/h1,3,5,8,13H,2,4,6-7,9-10H2. The number of hydrogen-bond donors (Lipinski definition) is 0. The van der Waals surface area contributed by atoms with E-state index in [4.69, 9.17) is 5.26 Å². The van der Waals surface area contributed by atoms with Gasteiger partial charge in [-0.15, -0.1) is 0 Å². The number of aryl methyl sites for hydroxylation is 1. The van der Waals surface area contributed by atoms with Gasteiger partial charge in [0.05, 0.1) is 11.8 Å². The van der Waals surface area contributed by atoms with Crippen molar-refractivity contribution >= 4 is 10.0 Å². The number of piperidine rings is 1. The molecule has 0 spiro atoms. The highest BCUT2D eigenvalue weighted by Crippen LogP contribution is 2.20. The van der Waals surface area contributed by atoms with Gasteiger partial charge in [-0.05, 0) is 31.4 Å². The summed E-state index contributed by atoms with van der Waals surface area (Å²) in [5, 5.41) is 9.04. The Morgan fingerprint density at radius 1 is 1.42 bits per heavy atom. The van der Waals surface area contributed by atoms with Crippen molar-refractivity contribution in [3.8, 4) is 6.07 Å². The Morgan fingerprint density at radius 2 is 2.26 bits per heavy atom. The first-order valence-corrected chi connectivity index (χ1v) is 8.03. The molecule has 0 amide bonds. The first-order chi connectivity index (χ1) is 9.13. The van der Waals surface area contributed by atoms with E-state index in [-0.39, 0.29) is 5.75 Å². The summed E-state index contributed by atoms with van der Waals surface area (Å²) in [4.78, 5) is 4.12. The van der Waals surface area contributed by atoms with E-state index in [1.54, 1.807) is 12.3 Å².